The number of anilines is 1. The van der Waals surface area contributed by atoms with E-state index in [1.165, 1.54) is 0 Å². The Morgan fingerprint density at radius 1 is 1.14 bits per heavy atom. The third-order valence-electron chi connectivity index (χ3n) is 7.35. The van der Waals surface area contributed by atoms with E-state index in [2.05, 4.69) is 22.0 Å². The van der Waals surface area contributed by atoms with E-state index in [0.29, 0.717) is 12.0 Å². The summed E-state index contributed by atoms with van der Waals surface area (Å²) in [5.41, 5.74) is 1.61. The van der Waals surface area contributed by atoms with Gasteiger partial charge < -0.3 is 29.5 Å². The fourth-order valence-electron chi connectivity index (χ4n) is 5.33. The Labute approximate surface area is 207 Å². The first kappa shape index (κ1) is 25.6. The molecule has 4 rings (SSSR count). The molecule has 0 aliphatic carbocycles. The number of hydrogen-bond donors (Lipinski definition) is 1. The van der Waals surface area contributed by atoms with Crippen LogP contribution in [-0.4, -0.2) is 105 Å². The van der Waals surface area contributed by atoms with Crippen LogP contribution in [-0.2, 0) is 19.1 Å². The molecule has 1 unspecified atom stereocenters. The Hall–Kier alpha value is -2.49. The molecule has 3 aliphatic rings. The minimum absolute atomic E-state index is 0.0139. The van der Waals surface area contributed by atoms with Gasteiger partial charge in [-0.25, -0.2) is 0 Å². The Morgan fingerprint density at radius 2 is 1.83 bits per heavy atom. The highest BCUT2D eigenvalue weighted by Crippen LogP contribution is 2.30. The summed E-state index contributed by atoms with van der Waals surface area (Å²) in [6, 6.07) is 6.20. The van der Waals surface area contributed by atoms with Gasteiger partial charge in [-0.2, -0.15) is 0 Å². The second-order valence-corrected chi connectivity index (χ2v) is 10.1. The number of likely N-dealkylation sites (N-methyl/N-ethyl adjacent to an activating group) is 1. The minimum atomic E-state index is -0.728. The van der Waals surface area contributed by atoms with Crippen molar-refractivity contribution in [2.24, 2.45) is 5.92 Å². The number of Topliss-reactive ketones (excluding diaryl/α,β-unsaturated/α-hetero) is 1. The zero-order chi connectivity index (χ0) is 25.1. The van der Waals surface area contributed by atoms with Gasteiger partial charge in [0, 0.05) is 44.5 Å². The number of hydrogen-bond acceptors (Lipinski definition) is 7. The molecular weight excluding hydrogens is 448 g/mol. The van der Waals surface area contributed by atoms with E-state index in [-0.39, 0.29) is 42.8 Å². The molecule has 1 aromatic carbocycles. The maximum Gasteiger partial charge on any atom is 0.251 e. The molecule has 1 N–H and O–H groups in total. The molecule has 3 fully saturated rings. The molecule has 0 aromatic heterocycles. The van der Waals surface area contributed by atoms with Crippen LogP contribution in [0.5, 0.6) is 0 Å². The number of carbonyl (C=O) groups excluding carboxylic acids is 3. The predicted octanol–water partition coefficient (Wildman–Crippen LogP) is 1.17. The molecule has 9 heteroatoms. The second-order valence-electron chi connectivity index (χ2n) is 10.1. The molecule has 0 spiro atoms. The fraction of sp³-hybridized carbons (Fsp3) is 0.654. The SMILES string of the molecule is CCN1CCN(c2ccc(C(=O)NC(CC(C)C)C(=O)N3C[C@@H](OC)[C@H]4OCC(=O)[C@H]43)cc2)CC1. The number of nitrogens with zero attached hydrogens (tertiary/aromatic N) is 3. The average Bonchev–Trinajstić information content (AvgIpc) is 3.43. The molecule has 9 nitrogen and oxygen atoms in total. The van der Waals surface area contributed by atoms with E-state index in [0.717, 1.165) is 38.4 Å². The number of rotatable bonds is 8. The van der Waals surface area contributed by atoms with Crippen molar-refractivity contribution in [3.8, 4) is 0 Å². The third-order valence-corrected chi connectivity index (χ3v) is 7.35. The van der Waals surface area contributed by atoms with Crippen molar-refractivity contribution >= 4 is 23.3 Å². The number of methoxy groups -OCH3 is 1. The number of ether oxygens (including phenoxy) is 2. The van der Waals surface area contributed by atoms with Crippen molar-refractivity contribution in [1.29, 1.82) is 0 Å². The number of carbonyl (C=O) groups is 3. The summed E-state index contributed by atoms with van der Waals surface area (Å²) in [6.07, 6.45) is -0.318. The quantitative estimate of drug-likeness (QED) is 0.590. The van der Waals surface area contributed by atoms with Gasteiger partial charge in [-0.15, -0.1) is 0 Å². The molecule has 3 aliphatic heterocycles. The van der Waals surface area contributed by atoms with Gasteiger partial charge >= 0.3 is 0 Å². The van der Waals surface area contributed by atoms with Gasteiger partial charge in [-0.05, 0) is 43.1 Å². The molecule has 0 bridgehead atoms. The zero-order valence-corrected chi connectivity index (χ0v) is 21.2. The van der Waals surface area contributed by atoms with Crippen LogP contribution in [0, 0.1) is 5.92 Å². The van der Waals surface area contributed by atoms with Crippen molar-refractivity contribution in [3.05, 3.63) is 29.8 Å². The highest BCUT2D eigenvalue weighted by atomic mass is 16.5. The Bertz CT molecular complexity index is 913. The first-order valence-corrected chi connectivity index (χ1v) is 12.7. The van der Waals surface area contributed by atoms with Gasteiger partial charge in [0.05, 0.1) is 6.54 Å². The fourth-order valence-corrected chi connectivity index (χ4v) is 5.33. The number of fused-ring (bicyclic) bond motifs is 1. The Morgan fingerprint density at radius 3 is 2.43 bits per heavy atom. The summed E-state index contributed by atoms with van der Waals surface area (Å²) in [7, 11) is 1.56. The summed E-state index contributed by atoms with van der Waals surface area (Å²) >= 11 is 0. The van der Waals surface area contributed by atoms with Crippen LogP contribution < -0.4 is 10.2 Å². The largest absolute Gasteiger partial charge is 0.377 e. The summed E-state index contributed by atoms with van der Waals surface area (Å²) in [4.78, 5) is 45.4. The van der Waals surface area contributed by atoms with Crippen LogP contribution >= 0.6 is 0 Å². The summed E-state index contributed by atoms with van der Waals surface area (Å²) in [5, 5.41) is 2.94. The van der Waals surface area contributed by atoms with Crippen molar-refractivity contribution in [2.45, 2.75) is 51.5 Å². The topological polar surface area (TPSA) is 91.4 Å². The Balaban J connectivity index is 1.43. The summed E-state index contributed by atoms with van der Waals surface area (Å²) < 4.78 is 11.1. The number of benzene rings is 1. The second kappa shape index (κ2) is 11.1. The van der Waals surface area contributed by atoms with Crippen LogP contribution in [0.15, 0.2) is 24.3 Å². The maximum absolute atomic E-state index is 13.5. The predicted molar refractivity (Wildman–Crippen MR) is 133 cm³/mol. The van der Waals surface area contributed by atoms with Gasteiger partial charge in [-0.1, -0.05) is 20.8 Å². The van der Waals surface area contributed by atoms with Crippen molar-refractivity contribution in [2.75, 3.05) is 57.9 Å². The molecule has 192 valence electrons. The normalized spacial score (nSPS) is 25.7. The van der Waals surface area contributed by atoms with E-state index >= 15 is 0 Å². The monoisotopic (exact) mass is 486 g/mol. The molecule has 2 amide bonds. The molecule has 3 saturated heterocycles. The van der Waals surface area contributed by atoms with Crippen molar-refractivity contribution < 1.29 is 23.9 Å². The number of ketones is 1. The molecule has 35 heavy (non-hydrogen) atoms. The number of likely N-dealkylation sites (tertiary alicyclic amines) is 1. The Kier molecular flexibility index (Phi) is 8.09. The van der Waals surface area contributed by atoms with Crippen LogP contribution in [0.4, 0.5) is 5.69 Å². The van der Waals surface area contributed by atoms with E-state index in [4.69, 9.17) is 9.47 Å². The molecule has 0 radical (unpaired) electrons. The molecule has 0 saturated carbocycles. The highest BCUT2D eigenvalue weighted by Gasteiger charge is 2.53. The van der Waals surface area contributed by atoms with Crippen LogP contribution in [0.25, 0.3) is 0 Å². The van der Waals surface area contributed by atoms with Crippen LogP contribution in [0.1, 0.15) is 37.6 Å². The van der Waals surface area contributed by atoms with Crippen molar-refractivity contribution in [1.82, 2.24) is 15.1 Å². The van der Waals surface area contributed by atoms with Gasteiger partial charge in [-0.3, -0.25) is 14.4 Å². The molecular formula is C26H38N4O5. The number of nitrogens with one attached hydrogen (secondary N) is 1. The van der Waals surface area contributed by atoms with Crippen LogP contribution in [0.2, 0.25) is 0 Å². The lowest BCUT2D eigenvalue weighted by atomic mass is 10.0. The van der Waals surface area contributed by atoms with Gasteiger partial charge in [0.15, 0.2) is 5.78 Å². The smallest absolute Gasteiger partial charge is 0.251 e. The standard InChI is InChI=1S/C26H38N4O5/c1-5-28-10-12-29(13-11-28)19-8-6-18(7-9-19)25(32)27-20(14-17(2)3)26(33)30-15-22(34-4)24-23(30)21(31)16-35-24/h6-9,17,20,22-24H,5,10-16H2,1-4H3,(H,27,32)/t20?,22-,23-,24-/m1/s1. The van der Waals surface area contributed by atoms with Crippen molar-refractivity contribution in [3.63, 3.8) is 0 Å². The van der Waals surface area contributed by atoms with Gasteiger partial charge in [0.1, 0.15) is 30.9 Å². The van der Waals surface area contributed by atoms with E-state index in [1.807, 2.05) is 38.1 Å². The van der Waals surface area contributed by atoms with Gasteiger partial charge in [0.2, 0.25) is 5.91 Å². The first-order chi connectivity index (χ1) is 16.8. The van der Waals surface area contributed by atoms with E-state index in [1.54, 1.807) is 12.0 Å². The van der Waals surface area contributed by atoms with E-state index in [9.17, 15) is 14.4 Å². The van der Waals surface area contributed by atoms with Crippen LogP contribution in [0.3, 0.4) is 0 Å². The highest BCUT2D eigenvalue weighted by molar-refractivity contribution is 5.99. The minimum Gasteiger partial charge on any atom is -0.377 e. The summed E-state index contributed by atoms with van der Waals surface area (Å²) in [5.74, 6) is -0.487. The maximum atomic E-state index is 13.5. The summed E-state index contributed by atoms with van der Waals surface area (Å²) in [6.45, 7) is 11.5. The zero-order valence-electron chi connectivity index (χ0n) is 21.2. The van der Waals surface area contributed by atoms with E-state index < -0.39 is 18.2 Å². The molecule has 1 aromatic rings. The van der Waals surface area contributed by atoms with Gasteiger partial charge in [0.25, 0.3) is 5.91 Å². The lowest BCUT2D eigenvalue weighted by Crippen LogP contribution is -2.52. The lowest BCUT2D eigenvalue weighted by Gasteiger charge is -2.35. The molecule has 3 heterocycles. The average molecular weight is 487 g/mol. The lowest BCUT2D eigenvalue weighted by molar-refractivity contribution is -0.138. The first-order valence-electron chi connectivity index (χ1n) is 12.7. The number of amides is 2. The molecule has 4 atom stereocenters. The number of piperazine rings is 1. The third kappa shape index (κ3) is 5.52.